The second-order valence-corrected chi connectivity index (χ2v) is 3.71. The van der Waals surface area contributed by atoms with Crippen molar-refractivity contribution in [2.24, 2.45) is 0 Å². The zero-order valence-corrected chi connectivity index (χ0v) is 9.39. The highest BCUT2D eigenvalue weighted by Crippen LogP contribution is 2.03. The van der Waals surface area contributed by atoms with Crippen molar-refractivity contribution in [3.8, 4) is 0 Å². The summed E-state index contributed by atoms with van der Waals surface area (Å²) < 4.78 is 0. The van der Waals surface area contributed by atoms with Crippen molar-refractivity contribution in [2.45, 2.75) is 26.3 Å². The van der Waals surface area contributed by atoms with Crippen LogP contribution in [-0.4, -0.2) is 34.7 Å². The van der Waals surface area contributed by atoms with Gasteiger partial charge in [0.2, 0.25) is 0 Å². The quantitative estimate of drug-likeness (QED) is 0.740. The summed E-state index contributed by atoms with van der Waals surface area (Å²) in [5.74, 6) is 0. The minimum Gasteiger partial charge on any atom is -0.395 e. The van der Waals surface area contributed by atoms with Gasteiger partial charge in [0.25, 0.3) is 0 Å². The molecule has 1 aromatic heterocycles. The van der Waals surface area contributed by atoms with E-state index >= 15 is 0 Å². The minimum absolute atomic E-state index is 0.226. The highest BCUT2D eigenvalue weighted by atomic mass is 16.3. The van der Waals surface area contributed by atoms with E-state index < -0.39 is 0 Å². The van der Waals surface area contributed by atoms with Crippen LogP contribution in [0.3, 0.4) is 0 Å². The molecule has 0 spiro atoms. The maximum absolute atomic E-state index is 8.96. The van der Waals surface area contributed by atoms with Crippen LogP contribution in [0.15, 0.2) is 24.5 Å². The third-order valence-corrected chi connectivity index (χ3v) is 2.37. The van der Waals surface area contributed by atoms with Crippen molar-refractivity contribution in [1.29, 1.82) is 0 Å². The molecule has 0 saturated carbocycles. The van der Waals surface area contributed by atoms with Gasteiger partial charge in [-0.25, -0.2) is 0 Å². The third-order valence-electron chi connectivity index (χ3n) is 2.37. The summed E-state index contributed by atoms with van der Waals surface area (Å²) >= 11 is 0. The van der Waals surface area contributed by atoms with E-state index in [0.29, 0.717) is 0 Å². The first-order valence-electron chi connectivity index (χ1n) is 5.59. The summed E-state index contributed by atoms with van der Waals surface area (Å²) in [5, 5.41) is 8.96. The molecule has 0 aromatic carbocycles. The van der Waals surface area contributed by atoms with E-state index in [1.807, 2.05) is 12.3 Å². The molecule has 0 bridgehead atoms. The van der Waals surface area contributed by atoms with Gasteiger partial charge in [-0.2, -0.15) is 0 Å². The Labute approximate surface area is 91.8 Å². The van der Waals surface area contributed by atoms with E-state index in [1.165, 1.54) is 18.4 Å². The highest BCUT2D eigenvalue weighted by Gasteiger charge is 2.04. The summed E-state index contributed by atoms with van der Waals surface area (Å²) in [6.45, 7) is 5.08. The molecule has 3 heteroatoms. The molecule has 3 nitrogen and oxygen atoms in total. The summed E-state index contributed by atoms with van der Waals surface area (Å²) in [7, 11) is 0. The minimum atomic E-state index is 0.226. The van der Waals surface area contributed by atoms with Crippen molar-refractivity contribution in [2.75, 3.05) is 19.7 Å². The Bertz CT molecular complexity index is 251. The van der Waals surface area contributed by atoms with Gasteiger partial charge < -0.3 is 5.11 Å². The average molecular weight is 208 g/mol. The van der Waals surface area contributed by atoms with Crippen LogP contribution >= 0.6 is 0 Å². The van der Waals surface area contributed by atoms with Crippen LogP contribution in [0.25, 0.3) is 0 Å². The van der Waals surface area contributed by atoms with Crippen molar-refractivity contribution in [3.05, 3.63) is 30.1 Å². The van der Waals surface area contributed by atoms with Crippen molar-refractivity contribution >= 4 is 0 Å². The number of hydrogen-bond acceptors (Lipinski definition) is 3. The molecule has 1 N–H and O–H groups in total. The zero-order chi connectivity index (χ0) is 10.9. The van der Waals surface area contributed by atoms with E-state index in [0.717, 1.165) is 19.6 Å². The van der Waals surface area contributed by atoms with Crippen LogP contribution in [0.1, 0.15) is 25.3 Å². The lowest BCUT2D eigenvalue weighted by Crippen LogP contribution is -2.27. The number of aliphatic hydroxyl groups is 1. The molecule has 1 aromatic rings. The fourth-order valence-corrected chi connectivity index (χ4v) is 1.54. The second kappa shape index (κ2) is 7.37. The first kappa shape index (κ1) is 12.1. The standard InChI is InChI=1S/C12H20N2O/c1-2-3-7-14(8-9-15)11-12-5-4-6-13-10-12/h4-6,10,15H,2-3,7-9,11H2,1H3. The van der Waals surface area contributed by atoms with Crippen LogP contribution in [0.2, 0.25) is 0 Å². The molecule has 0 saturated heterocycles. The Balaban J connectivity index is 2.43. The fraction of sp³-hybridized carbons (Fsp3) is 0.583. The SMILES string of the molecule is CCCCN(CCO)Cc1cccnc1. The smallest absolute Gasteiger partial charge is 0.0558 e. The van der Waals surface area contributed by atoms with E-state index in [9.17, 15) is 0 Å². The largest absolute Gasteiger partial charge is 0.395 e. The maximum Gasteiger partial charge on any atom is 0.0558 e. The van der Waals surface area contributed by atoms with Gasteiger partial charge in [0.15, 0.2) is 0 Å². The zero-order valence-electron chi connectivity index (χ0n) is 9.39. The number of hydrogen-bond donors (Lipinski definition) is 1. The predicted octanol–water partition coefficient (Wildman–Crippen LogP) is 1.68. The lowest BCUT2D eigenvalue weighted by Gasteiger charge is -2.20. The van der Waals surface area contributed by atoms with Gasteiger partial charge in [-0.3, -0.25) is 9.88 Å². The number of nitrogens with zero attached hydrogens (tertiary/aromatic N) is 2. The molecule has 0 unspecified atom stereocenters. The van der Waals surface area contributed by atoms with Gasteiger partial charge in [-0.15, -0.1) is 0 Å². The van der Waals surface area contributed by atoms with Crippen LogP contribution in [0.5, 0.6) is 0 Å². The first-order valence-corrected chi connectivity index (χ1v) is 5.59. The number of aliphatic hydroxyl groups excluding tert-OH is 1. The molecule has 1 rings (SSSR count). The summed E-state index contributed by atoms with van der Waals surface area (Å²) in [6.07, 6.45) is 6.04. The van der Waals surface area contributed by atoms with Crippen LogP contribution < -0.4 is 0 Å². The van der Waals surface area contributed by atoms with Crippen molar-refractivity contribution in [3.63, 3.8) is 0 Å². The summed E-state index contributed by atoms with van der Waals surface area (Å²) in [6, 6.07) is 4.02. The predicted molar refractivity (Wildman–Crippen MR) is 61.5 cm³/mol. The summed E-state index contributed by atoms with van der Waals surface area (Å²) in [5.41, 5.74) is 1.21. The Hall–Kier alpha value is -0.930. The molecule has 0 aliphatic rings. The third kappa shape index (κ3) is 4.91. The molecule has 0 radical (unpaired) electrons. The molecule has 0 amide bonds. The van der Waals surface area contributed by atoms with Gasteiger partial charge in [0.1, 0.15) is 0 Å². The van der Waals surface area contributed by atoms with Crippen molar-refractivity contribution < 1.29 is 5.11 Å². The van der Waals surface area contributed by atoms with E-state index in [2.05, 4.69) is 22.9 Å². The van der Waals surface area contributed by atoms with E-state index in [1.54, 1.807) is 6.20 Å². The molecule has 0 fully saturated rings. The molecular weight excluding hydrogens is 188 g/mol. The normalized spacial score (nSPS) is 10.9. The van der Waals surface area contributed by atoms with Gasteiger partial charge in [-0.05, 0) is 24.6 Å². The van der Waals surface area contributed by atoms with Gasteiger partial charge in [-0.1, -0.05) is 19.4 Å². The molecule has 0 aliphatic carbocycles. The Kier molecular flexibility index (Phi) is 5.97. The van der Waals surface area contributed by atoms with E-state index in [4.69, 9.17) is 5.11 Å². The summed E-state index contributed by atoms with van der Waals surface area (Å²) in [4.78, 5) is 6.35. The first-order chi connectivity index (χ1) is 7.36. The van der Waals surface area contributed by atoms with Crippen LogP contribution in [0, 0.1) is 0 Å². The molecule has 84 valence electrons. The van der Waals surface area contributed by atoms with E-state index in [-0.39, 0.29) is 6.61 Å². The monoisotopic (exact) mass is 208 g/mol. The van der Waals surface area contributed by atoms with Crippen LogP contribution in [-0.2, 0) is 6.54 Å². The molecule has 1 heterocycles. The van der Waals surface area contributed by atoms with Crippen molar-refractivity contribution in [1.82, 2.24) is 9.88 Å². The Morgan fingerprint density at radius 2 is 2.27 bits per heavy atom. The topological polar surface area (TPSA) is 36.4 Å². The van der Waals surface area contributed by atoms with Gasteiger partial charge in [0, 0.05) is 25.5 Å². The maximum atomic E-state index is 8.96. The number of pyridine rings is 1. The molecular formula is C12H20N2O. The molecule has 0 atom stereocenters. The number of unbranched alkanes of at least 4 members (excludes halogenated alkanes) is 1. The fourth-order valence-electron chi connectivity index (χ4n) is 1.54. The molecule has 15 heavy (non-hydrogen) atoms. The average Bonchev–Trinajstić information content (AvgIpc) is 2.28. The van der Waals surface area contributed by atoms with Gasteiger partial charge in [0.05, 0.1) is 6.61 Å². The van der Waals surface area contributed by atoms with Gasteiger partial charge >= 0.3 is 0 Å². The number of rotatable bonds is 7. The number of aromatic nitrogens is 1. The second-order valence-electron chi connectivity index (χ2n) is 3.71. The highest BCUT2D eigenvalue weighted by molar-refractivity contribution is 5.08. The Morgan fingerprint density at radius 1 is 1.40 bits per heavy atom. The lowest BCUT2D eigenvalue weighted by molar-refractivity contribution is 0.188. The van der Waals surface area contributed by atoms with Crippen LogP contribution in [0.4, 0.5) is 0 Å². The lowest BCUT2D eigenvalue weighted by atomic mass is 10.2. The molecule has 0 aliphatic heterocycles. The Morgan fingerprint density at radius 3 is 2.87 bits per heavy atom.